The van der Waals surface area contributed by atoms with Crippen LogP contribution in [-0.4, -0.2) is 5.78 Å². The Morgan fingerprint density at radius 3 is 2.16 bits per heavy atom. The molecule has 2 N–H and O–H groups in total. The van der Waals surface area contributed by atoms with Crippen molar-refractivity contribution in [1.29, 1.82) is 0 Å². The number of nitrogens with two attached hydrogens (primary N) is 1. The van der Waals surface area contributed by atoms with Crippen LogP contribution in [0.5, 0.6) is 0 Å². The van der Waals surface area contributed by atoms with Gasteiger partial charge in [0.2, 0.25) is 0 Å². The van der Waals surface area contributed by atoms with Gasteiger partial charge >= 0.3 is 0 Å². The predicted octanol–water partition coefficient (Wildman–Crippen LogP) is 3.24. The van der Waals surface area contributed by atoms with Gasteiger partial charge in [0.1, 0.15) is 11.6 Å². The summed E-state index contributed by atoms with van der Waals surface area (Å²) < 4.78 is 26.9. The van der Waals surface area contributed by atoms with Crippen LogP contribution in [0.1, 0.15) is 28.4 Å². The summed E-state index contributed by atoms with van der Waals surface area (Å²) in [4.78, 5) is 11.9. The first-order valence-electron chi connectivity index (χ1n) is 5.87. The molecule has 0 aliphatic carbocycles. The van der Waals surface area contributed by atoms with E-state index in [9.17, 15) is 13.6 Å². The molecule has 1 unspecified atom stereocenters. The minimum Gasteiger partial charge on any atom is -0.324 e. The number of benzene rings is 2. The lowest BCUT2D eigenvalue weighted by atomic mass is 9.98. The lowest BCUT2D eigenvalue weighted by Gasteiger charge is -2.11. The lowest BCUT2D eigenvalue weighted by molar-refractivity contribution is 0.0966. The summed E-state index contributed by atoms with van der Waals surface area (Å²) >= 11 is 0. The second-order valence-corrected chi connectivity index (χ2v) is 4.24. The summed E-state index contributed by atoms with van der Waals surface area (Å²) in [5.74, 6) is -2.34. The van der Waals surface area contributed by atoms with Crippen molar-refractivity contribution in [3.05, 3.63) is 71.3 Å². The predicted molar refractivity (Wildman–Crippen MR) is 68.7 cm³/mol. The summed E-state index contributed by atoms with van der Waals surface area (Å²) in [6, 6.07) is 11.7. The third-order valence-electron chi connectivity index (χ3n) is 2.87. The SMILES string of the molecule is NC(CC(=O)c1c(F)cccc1F)c1ccccc1. The van der Waals surface area contributed by atoms with Gasteiger partial charge < -0.3 is 5.73 Å². The second kappa shape index (κ2) is 5.71. The molecule has 0 amide bonds. The maximum Gasteiger partial charge on any atom is 0.170 e. The number of ketones is 1. The Hall–Kier alpha value is -2.07. The summed E-state index contributed by atoms with van der Waals surface area (Å²) in [5, 5.41) is 0. The van der Waals surface area contributed by atoms with Gasteiger partial charge in [-0.15, -0.1) is 0 Å². The molecule has 2 aromatic carbocycles. The quantitative estimate of drug-likeness (QED) is 0.858. The highest BCUT2D eigenvalue weighted by molar-refractivity contribution is 5.97. The fourth-order valence-corrected chi connectivity index (χ4v) is 1.88. The van der Waals surface area contributed by atoms with E-state index in [1.807, 2.05) is 6.07 Å². The van der Waals surface area contributed by atoms with E-state index < -0.39 is 29.0 Å². The molecule has 0 radical (unpaired) electrons. The lowest BCUT2D eigenvalue weighted by Crippen LogP contribution is -2.17. The van der Waals surface area contributed by atoms with Gasteiger partial charge in [-0.2, -0.15) is 0 Å². The first-order chi connectivity index (χ1) is 9.09. The highest BCUT2D eigenvalue weighted by Gasteiger charge is 2.20. The van der Waals surface area contributed by atoms with Crippen molar-refractivity contribution in [1.82, 2.24) is 0 Å². The Labute approximate surface area is 109 Å². The fraction of sp³-hybridized carbons (Fsp3) is 0.133. The molecule has 0 spiro atoms. The van der Waals surface area contributed by atoms with Crippen molar-refractivity contribution in [2.75, 3.05) is 0 Å². The van der Waals surface area contributed by atoms with Crippen LogP contribution in [0.3, 0.4) is 0 Å². The molecule has 0 aliphatic heterocycles. The second-order valence-electron chi connectivity index (χ2n) is 4.24. The summed E-state index contributed by atoms with van der Waals surface area (Å²) in [6.45, 7) is 0. The van der Waals surface area contributed by atoms with Gasteiger partial charge in [-0.05, 0) is 17.7 Å². The van der Waals surface area contributed by atoms with E-state index >= 15 is 0 Å². The molecule has 0 bridgehead atoms. The van der Waals surface area contributed by atoms with Gasteiger partial charge in [0.05, 0.1) is 5.56 Å². The van der Waals surface area contributed by atoms with E-state index in [1.54, 1.807) is 24.3 Å². The topological polar surface area (TPSA) is 43.1 Å². The van der Waals surface area contributed by atoms with Crippen LogP contribution in [0.15, 0.2) is 48.5 Å². The van der Waals surface area contributed by atoms with Crippen LogP contribution in [0, 0.1) is 11.6 Å². The van der Waals surface area contributed by atoms with Gasteiger partial charge in [-0.25, -0.2) is 8.78 Å². The number of hydrogen-bond donors (Lipinski definition) is 1. The molecule has 4 heteroatoms. The van der Waals surface area contributed by atoms with Crippen molar-refractivity contribution >= 4 is 5.78 Å². The molecule has 98 valence electrons. The number of halogens is 2. The van der Waals surface area contributed by atoms with Crippen LogP contribution >= 0.6 is 0 Å². The summed E-state index contributed by atoms with van der Waals surface area (Å²) in [6.07, 6.45) is -0.137. The molecule has 2 rings (SSSR count). The molecule has 0 saturated carbocycles. The Morgan fingerprint density at radius 1 is 1.00 bits per heavy atom. The monoisotopic (exact) mass is 261 g/mol. The van der Waals surface area contributed by atoms with Crippen molar-refractivity contribution < 1.29 is 13.6 Å². The van der Waals surface area contributed by atoms with Gasteiger partial charge in [0.25, 0.3) is 0 Å². The molecule has 2 nitrogen and oxygen atoms in total. The Bertz CT molecular complexity index is 564. The van der Waals surface area contributed by atoms with E-state index in [4.69, 9.17) is 5.73 Å². The van der Waals surface area contributed by atoms with Crippen LogP contribution in [-0.2, 0) is 0 Å². The van der Waals surface area contributed by atoms with E-state index in [0.717, 1.165) is 17.7 Å². The zero-order valence-electron chi connectivity index (χ0n) is 10.1. The molecular weight excluding hydrogens is 248 g/mol. The van der Waals surface area contributed by atoms with Crippen molar-refractivity contribution in [2.45, 2.75) is 12.5 Å². The Kier molecular flexibility index (Phi) is 4.02. The third kappa shape index (κ3) is 3.03. The molecular formula is C15H13F2NO. The van der Waals surface area contributed by atoms with Crippen LogP contribution in [0.4, 0.5) is 8.78 Å². The maximum absolute atomic E-state index is 13.5. The highest BCUT2D eigenvalue weighted by Crippen LogP contribution is 2.20. The number of carbonyl (C=O) groups excluding carboxylic acids is 1. The van der Waals surface area contributed by atoms with Crippen LogP contribution < -0.4 is 5.73 Å². The standard InChI is InChI=1S/C15H13F2NO/c16-11-7-4-8-12(17)15(11)14(19)9-13(18)10-5-2-1-3-6-10/h1-8,13H,9,18H2. The third-order valence-corrected chi connectivity index (χ3v) is 2.87. The molecule has 0 aliphatic rings. The van der Waals surface area contributed by atoms with E-state index in [-0.39, 0.29) is 6.42 Å². The largest absolute Gasteiger partial charge is 0.324 e. The number of carbonyl (C=O) groups is 1. The Morgan fingerprint density at radius 2 is 1.58 bits per heavy atom. The van der Waals surface area contributed by atoms with E-state index in [0.29, 0.717) is 0 Å². The molecule has 2 aromatic rings. The highest BCUT2D eigenvalue weighted by atomic mass is 19.1. The first-order valence-corrected chi connectivity index (χ1v) is 5.87. The van der Waals surface area contributed by atoms with Crippen LogP contribution in [0.25, 0.3) is 0 Å². The van der Waals surface area contributed by atoms with Gasteiger partial charge in [-0.3, -0.25) is 4.79 Å². The minimum atomic E-state index is -0.856. The Balaban J connectivity index is 2.18. The average molecular weight is 261 g/mol. The van der Waals surface area contributed by atoms with Crippen LogP contribution in [0.2, 0.25) is 0 Å². The average Bonchev–Trinajstić information content (AvgIpc) is 2.39. The maximum atomic E-state index is 13.5. The number of rotatable bonds is 4. The zero-order chi connectivity index (χ0) is 13.8. The minimum absolute atomic E-state index is 0.137. The summed E-state index contributed by atoms with van der Waals surface area (Å²) in [5.41, 5.74) is 6.11. The van der Waals surface area contributed by atoms with Crippen molar-refractivity contribution in [3.8, 4) is 0 Å². The molecule has 1 atom stereocenters. The smallest absolute Gasteiger partial charge is 0.170 e. The van der Waals surface area contributed by atoms with Gasteiger partial charge in [0, 0.05) is 12.5 Å². The number of hydrogen-bond acceptors (Lipinski definition) is 2. The van der Waals surface area contributed by atoms with E-state index in [1.165, 1.54) is 6.07 Å². The molecule has 0 aromatic heterocycles. The fourth-order valence-electron chi connectivity index (χ4n) is 1.88. The molecule has 0 heterocycles. The summed E-state index contributed by atoms with van der Waals surface area (Å²) in [7, 11) is 0. The molecule has 0 saturated heterocycles. The molecule has 0 fully saturated rings. The first kappa shape index (κ1) is 13.4. The van der Waals surface area contributed by atoms with Gasteiger partial charge in [-0.1, -0.05) is 36.4 Å². The van der Waals surface area contributed by atoms with Crippen molar-refractivity contribution in [2.24, 2.45) is 5.73 Å². The van der Waals surface area contributed by atoms with Crippen molar-refractivity contribution in [3.63, 3.8) is 0 Å². The normalized spacial score (nSPS) is 12.2. The zero-order valence-corrected chi connectivity index (χ0v) is 10.1. The number of Topliss-reactive ketones (excluding diaryl/α,β-unsaturated/α-hetero) is 1. The van der Waals surface area contributed by atoms with E-state index in [2.05, 4.69) is 0 Å². The van der Waals surface area contributed by atoms with Gasteiger partial charge in [0.15, 0.2) is 5.78 Å². The molecule has 19 heavy (non-hydrogen) atoms.